The summed E-state index contributed by atoms with van der Waals surface area (Å²) in [5.41, 5.74) is 3.32. The number of rotatable bonds is 7. The molecule has 1 N–H and O–H groups in total. The van der Waals surface area contributed by atoms with Gasteiger partial charge in [-0.25, -0.2) is 9.67 Å². The molecule has 7 nitrogen and oxygen atoms in total. The number of carbonyl (C=O) groups excluding carboxylic acids is 1. The van der Waals surface area contributed by atoms with Crippen LogP contribution in [0.15, 0.2) is 71.9 Å². The van der Waals surface area contributed by atoms with E-state index in [0.717, 1.165) is 11.1 Å². The molecule has 8 heteroatoms. The van der Waals surface area contributed by atoms with E-state index >= 15 is 0 Å². The topological polar surface area (TPSA) is 81.8 Å². The number of hydrogen-bond acceptors (Lipinski definition) is 4. The first-order chi connectivity index (χ1) is 15.5. The molecule has 0 atom stereocenters. The third-order valence-corrected chi connectivity index (χ3v) is 5.38. The molecule has 4 rings (SSSR count). The Kier molecular flexibility index (Phi) is 6.47. The van der Waals surface area contributed by atoms with Crippen molar-refractivity contribution in [1.82, 2.24) is 24.6 Å². The smallest absolute Gasteiger partial charge is 0.264 e. The highest BCUT2D eigenvalue weighted by molar-refractivity contribution is 6.32. The lowest BCUT2D eigenvalue weighted by atomic mass is 10.1. The van der Waals surface area contributed by atoms with Crippen molar-refractivity contribution in [2.24, 2.45) is 0 Å². The first kappa shape index (κ1) is 21.5. The fourth-order valence-corrected chi connectivity index (χ4v) is 3.48. The minimum Gasteiger partial charge on any atom is -0.351 e. The molecule has 0 unspecified atom stereocenters. The summed E-state index contributed by atoms with van der Waals surface area (Å²) in [4.78, 5) is 29.3. The molecule has 2 heterocycles. The molecule has 0 aliphatic rings. The number of nitrogens with one attached hydrogen (secondary N) is 1. The van der Waals surface area contributed by atoms with Crippen molar-refractivity contribution in [2.45, 2.75) is 20.0 Å². The van der Waals surface area contributed by atoms with Gasteiger partial charge in [-0.15, -0.1) is 0 Å². The van der Waals surface area contributed by atoms with E-state index in [9.17, 15) is 9.59 Å². The summed E-state index contributed by atoms with van der Waals surface area (Å²) >= 11 is 6.08. The monoisotopic (exact) mass is 447 g/mol. The van der Waals surface area contributed by atoms with E-state index in [0.29, 0.717) is 35.7 Å². The molecule has 0 radical (unpaired) electrons. The zero-order valence-electron chi connectivity index (χ0n) is 17.5. The van der Waals surface area contributed by atoms with Crippen LogP contribution in [0.5, 0.6) is 0 Å². The Labute approximate surface area is 190 Å². The molecule has 4 aromatic rings. The second-order valence-corrected chi connectivity index (χ2v) is 7.82. The molecule has 0 aliphatic carbocycles. The minimum atomic E-state index is -0.241. The Balaban J connectivity index is 1.39. The summed E-state index contributed by atoms with van der Waals surface area (Å²) in [6, 6.07) is 15.3. The van der Waals surface area contributed by atoms with Gasteiger partial charge in [-0.05, 0) is 30.2 Å². The van der Waals surface area contributed by atoms with Gasteiger partial charge in [-0.2, -0.15) is 5.10 Å². The number of aromatic nitrogens is 4. The lowest BCUT2D eigenvalue weighted by Gasteiger charge is -2.07. The molecule has 0 saturated carbocycles. The Morgan fingerprint density at radius 2 is 1.94 bits per heavy atom. The maximum absolute atomic E-state index is 12.8. The van der Waals surface area contributed by atoms with Crippen LogP contribution in [0.3, 0.4) is 0 Å². The van der Waals surface area contributed by atoms with Gasteiger partial charge in [0.05, 0.1) is 19.3 Å². The van der Waals surface area contributed by atoms with E-state index in [2.05, 4.69) is 15.4 Å². The molecule has 1 amide bonds. The Morgan fingerprint density at radius 1 is 1.16 bits per heavy atom. The van der Waals surface area contributed by atoms with Crippen LogP contribution in [0.1, 0.15) is 16.7 Å². The molecule has 32 heavy (non-hydrogen) atoms. The number of carbonyl (C=O) groups is 1. The summed E-state index contributed by atoms with van der Waals surface area (Å²) in [5, 5.41) is 8.10. The first-order valence-electron chi connectivity index (χ1n) is 10.2. The van der Waals surface area contributed by atoms with Gasteiger partial charge in [0, 0.05) is 17.6 Å². The van der Waals surface area contributed by atoms with E-state index in [-0.39, 0.29) is 11.5 Å². The second kappa shape index (κ2) is 9.62. The number of hydrogen-bond donors (Lipinski definition) is 1. The van der Waals surface area contributed by atoms with Crippen LogP contribution in [0.4, 0.5) is 0 Å². The lowest BCUT2D eigenvalue weighted by Crippen LogP contribution is -2.26. The fraction of sp³-hybridized carbons (Fsp3) is 0.167. The number of fused-ring (bicyclic) bond motifs is 1. The summed E-state index contributed by atoms with van der Waals surface area (Å²) in [7, 11) is 0. The fourth-order valence-electron chi connectivity index (χ4n) is 3.28. The minimum absolute atomic E-state index is 0.145. The van der Waals surface area contributed by atoms with Gasteiger partial charge in [0.15, 0.2) is 5.65 Å². The van der Waals surface area contributed by atoms with E-state index in [1.165, 1.54) is 24.2 Å². The Hall–Kier alpha value is -3.71. The van der Waals surface area contributed by atoms with E-state index in [1.54, 1.807) is 21.4 Å². The third-order valence-electron chi connectivity index (χ3n) is 5.04. The van der Waals surface area contributed by atoms with Crippen molar-refractivity contribution >= 4 is 34.6 Å². The third kappa shape index (κ3) is 4.95. The number of aryl methyl sites for hydroxylation is 1. The Bertz CT molecular complexity index is 1340. The van der Waals surface area contributed by atoms with Crippen molar-refractivity contribution in [3.8, 4) is 0 Å². The van der Waals surface area contributed by atoms with E-state index in [4.69, 9.17) is 11.6 Å². The molecule has 0 spiro atoms. The number of nitrogens with zero attached hydrogens (tertiary/aromatic N) is 4. The maximum Gasteiger partial charge on any atom is 0.264 e. The number of benzene rings is 2. The molecule has 2 aromatic carbocycles. The van der Waals surface area contributed by atoms with Gasteiger partial charge in [0.1, 0.15) is 11.7 Å². The van der Waals surface area contributed by atoms with Crippen LogP contribution in [0.25, 0.3) is 17.1 Å². The van der Waals surface area contributed by atoms with Crippen LogP contribution < -0.4 is 10.9 Å². The van der Waals surface area contributed by atoms with E-state index < -0.39 is 0 Å². The predicted molar refractivity (Wildman–Crippen MR) is 126 cm³/mol. The Morgan fingerprint density at radius 3 is 2.72 bits per heavy atom. The van der Waals surface area contributed by atoms with Crippen molar-refractivity contribution < 1.29 is 4.79 Å². The molecule has 162 valence electrons. The maximum atomic E-state index is 12.8. The van der Waals surface area contributed by atoms with Gasteiger partial charge in [0.2, 0.25) is 5.91 Å². The van der Waals surface area contributed by atoms with Gasteiger partial charge in [-0.3, -0.25) is 14.2 Å². The quantitative estimate of drug-likeness (QED) is 0.440. The van der Waals surface area contributed by atoms with Crippen molar-refractivity contribution in [2.75, 3.05) is 6.54 Å². The summed E-state index contributed by atoms with van der Waals surface area (Å²) < 4.78 is 3.19. The van der Waals surface area contributed by atoms with Crippen LogP contribution in [-0.4, -0.2) is 31.8 Å². The molecule has 0 bridgehead atoms. The second-order valence-electron chi connectivity index (χ2n) is 7.41. The number of halogens is 1. The lowest BCUT2D eigenvalue weighted by molar-refractivity contribution is -0.116. The molecular weight excluding hydrogens is 426 g/mol. The standard InChI is InChI=1S/C24H22ClN5O2/c1-17-6-8-18(9-7-17)15-29-16-27-23-20(24(29)32)14-28-30(23)13-12-26-22(31)11-10-19-4-2-3-5-21(19)25/h2-11,14,16H,12-13,15H2,1H3,(H,26,31)/b11-10+. The number of amides is 1. The van der Waals surface area contributed by atoms with Crippen molar-refractivity contribution in [1.29, 1.82) is 0 Å². The first-order valence-corrected chi connectivity index (χ1v) is 10.6. The summed E-state index contributed by atoms with van der Waals surface area (Å²) in [6.45, 7) is 3.21. The van der Waals surface area contributed by atoms with Gasteiger partial charge >= 0.3 is 0 Å². The van der Waals surface area contributed by atoms with Gasteiger partial charge < -0.3 is 5.32 Å². The summed E-state index contributed by atoms with van der Waals surface area (Å²) in [5.74, 6) is -0.241. The molecule has 0 saturated heterocycles. The van der Waals surface area contributed by atoms with Crippen molar-refractivity contribution in [3.63, 3.8) is 0 Å². The highest BCUT2D eigenvalue weighted by Crippen LogP contribution is 2.16. The highest BCUT2D eigenvalue weighted by atomic mass is 35.5. The normalized spacial score (nSPS) is 11.3. The average Bonchev–Trinajstić information content (AvgIpc) is 3.20. The zero-order chi connectivity index (χ0) is 22.5. The van der Waals surface area contributed by atoms with Crippen LogP contribution in [0.2, 0.25) is 5.02 Å². The highest BCUT2D eigenvalue weighted by Gasteiger charge is 2.10. The van der Waals surface area contributed by atoms with Gasteiger partial charge in [-0.1, -0.05) is 59.6 Å². The predicted octanol–water partition coefficient (Wildman–Crippen LogP) is 3.43. The van der Waals surface area contributed by atoms with Crippen LogP contribution in [-0.2, 0) is 17.9 Å². The molecule has 0 aliphatic heterocycles. The largest absolute Gasteiger partial charge is 0.351 e. The zero-order valence-corrected chi connectivity index (χ0v) is 18.3. The van der Waals surface area contributed by atoms with Crippen LogP contribution >= 0.6 is 11.6 Å². The van der Waals surface area contributed by atoms with Gasteiger partial charge in [0.25, 0.3) is 5.56 Å². The average molecular weight is 448 g/mol. The van der Waals surface area contributed by atoms with E-state index in [1.807, 2.05) is 49.4 Å². The molecule has 2 aromatic heterocycles. The summed E-state index contributed by atoms with van der Waals surface area (Å²) in [6.07, 6.45) is 6.16. The van der Waals surface area contributed by atoms with Crippen LogP contribution in [0, 0.1) is 6.92 Å². The molecule has 0 fully saturated rings. The SMILES string of the molecule is Cc1ccc(Cn2cnc3c(cnn3CCNC(=O)/C=C/c3ccccc3Cl)c2=O)cc1. The molecular formula is C24H22ClN5O2. The van der Waals surface area contributed by atoms with Crippen molar-refractivity contribution in [3.05, 3.63) is 99.2 Å².